The third-order valence-corrected chi connectivity index (χ3v) is 4.56. The number of piperidine rings is 1. The van der Waals surface area contributed by atoms with Gasteiger partial charge >= 0.3 is 6.09 Å². The van der Waals surface area contributed by atoms with Crippen molar-refractivity contribution in [1.82, 2.24) is 4.90 Å². The molecule has 1 atom stereocenters. The van der Waals surface area contributed by atoms with Gasteiger partial charge in [-0.15, -0.1) is 0 Å². The largest absolute Gasteiger partial charge is 0.444 e. The Morgan fingerprint density at radius 1 is 1.37 bits per heavy atom. The Kier molecular flexibility index (Phi) is 4.45. The van der Waals surface area contributed by atoms with Crippen LogP contribution in [0.1, 0.15) is 46.5 Å². The lowest BCUT2D eigenvalue weighted by atomic mass is 9.89. The first kappa shape index (κ1) is 15.1. The SMILES string of the molecule is CC(C)(C)OC(=O)N1CCC2(CCC(CBr)O2)CC1. The minimum atomic E-state index is -0.420. The van der Waals surface area contributed by atoms with Gasteiger partial charge in [-0.3, -0.25) is 0 Å². The molecule has 0 aromatic heterocycles. The third kappa shape index (κ3) is 3.85. The molecule has 5 heteroatoms. The van der Waals surface area contributed by atoms with Gasteiger partial charge in [-0.1, -0.05) is 15.9 Å². The van der Waals surface area contributed by atoms with Crippen molar-refractivity contribution in [2.24, 2.45) is 0 Å². The number of halogens is 1. The Balaban J connectivity index is 1.84. The van der Waals surface area contributed by atoms with Gasteiger partial charge < -0.3 is 14.4 Å². The van der Waals surface area contributed by atoms with E-state index >= 15 is 0 Å². The highest BCUT2D eigenvalue weighted by Gasteiger charge is 2.43. The average Bonchev–Trinajstić information content (AvgIpc) is 2.71. The number of rotatable bonds is 1. The highest BCUT2D eigenvalue weighted by molar-refractivity contribution is 9.09. The Bertz CT molecular complexity index is 332. The molecule has 0 aliphatic carbocycles. The van der Waals surface area contributed by atoms with Crippen LogP contribution in [0.4, 0.5) is 4.79 Å². The van der Waals surface area contributed by atoms with Crippen LogP contribution >= 0.6 is 15.9 Å². The lowest BCUT2D eigenvalue weighted by Gasteiger charge is -2.39. The van der Waals surface area contributed by atoms with E-state index in [1.165, 1.54) is 0 Å². The van der Waals surface area contributed by atoms with E-state index in [0.29, 0.717) is 6.10 Å². The standard InChI is InChI=1S/C14H24BrNO3/c1-13(2,3)19-12(17)16-8-6-14(7-9-16)5-4-11(10-15)18-14/h11H,4-10H2,1-3H3. The smallest absolute Gasteiger partial charge is 0.410 e. The quantitative estimate of drug-likeness (QED) is 0.691. The van der Waals surface area contributed by atoms with E-state index in [0.717, 1.165) is 44.1 Å². The minimum absolute atomic E-state index is 0.0109. The Hall–Kier alpha value is -0.290. The molecule has 0 saturated carbocycles. The summed E-state index contributed by atoms with van der Waals surface area (Å²) < 4.78 is 11.6. The Morgan fingerprint density at radius 2 is 2.00 bits per heavy atom. The molecule has 4 nitrogen and oxygen atoms in total. The Labute approximate surface area is 123 Å². The van der Waals surface area contributed by atoms with Crippen LogP contribution in [0.3, 0.4) is 0 Å². The summed E-state index contributed by atoms with van der Waals surface area (Å²) in [5.74, 6) is 0. The zero-order valence-corrected chi connectivity index (χ0v) is 13.7. The van der Waals surface area contributed by atoms with E-state index in [9.17, 15) is 4.79 Å². The summed E-state index contributed by atoms with van der Waals surface area (Å²) in [7, 11) is 0. The molecule has 0 radical (unpaired) electrons. The fourth-order valence-corrected chi connectivity index (χ4v) is 3.25. The number of hydrogen-bond donors (Lipinski definition) is 0. The van der Waals surface area contributed by atoms with Crippen LogP contribution in [0.25, 0.3) is 0 Å². The van der Waals surface area contributed by atoms with Crippen LogP contribution in [0, 0.1) is 0 Å². The molecule has 1 spiro atoms. The summed E-state index contributed by atoms with van der Waals surface area (Å²) in [6, 6.07) is 0. The third-order valence-electron chi connectivity index (χ3n) is 3.84. The number of alkyl halides is 1. The van der Waals surface area contributed by atoms with E-state index in [1.54, 1.807) is 4.90 Å². The first-order valence-electron chi connectivity index (χ1n) is 7.05. The zero-order chi connectivity index (χ0) is 14.1. The molecule has 2 heterocycles. The Morgan fingerprint density at radius 3 is 2.47 bits per heavy atom. The molecule has 110 valence electrons. The number of likely N-dealkylation sites (tertiary alicyclic amines) is 1. The van der Waals surface area contributed by atoms with Gasteiger partial charge in [0.2, 0.25) is 0 Å². The number of ether oxygens (including phenoxy) is 2. The molecule has 0 aromatic rings. The lowest BCUT2D eigenvalue weighted by molar-refractivity contribution is -0.0712. The van der Waals surface area contributed by atoms with Crippen LogP contribution in [0.2, 0.25) is 0 Å². The molecule has 2 fully saturated rings. The average molecular weight is 334 g/mol. The normalized spacial score (nSPS) is 26.7. The highest BCUT2D eigenvalue weighted by Crippen LogP contribution is 2.39. The zero-order valence-electron chi connectivity index (χ0n) is 12.1. The second-order valence-corrected chi connectivity index (χ2v) is 7.23. The summed E-state index contributed by atoms with van der Waals surface area (Å²) in [4.78, 5) is 13.8. The molecule has 0 N–H and O–H groups in total. The number of carbonyl (C=O) groups excluding carboxylic acids is 1. The van der Waals surface area contributed by atoms with Gasteiger partial charge in [-0.05, 0) is 46.5 Å². The lowest BCUT2D eigenvalue weighted by Crippen LogP contribution is -2.48. The van der Waals surface area contributed by atoms with Crippen molar-refractivity contribution in [1.29, 1.82) is 0 Å². The van der Waals surface area contributed by atoms with Gasteiger partial charge in [0.1, 0.15) is 5.60 Å². The van der Waals surface area contributed by atoms with Gasteiger partial charge in [0.05, 0.1) is 11.7 Å². The minimum Gasteiger partial charge on any atom is -0.444 e. The van der Waals surface area contributed by atoms with E-state index in [4.69, 9.17) is 9.47 Å². The molecule has 2 saturated heterocycles. The maximum absolute atomic E-state index is 12.0. The van der Waals surface area contributed by atoms with Crippen LogP contribution in [0.15, 0.2) is 0 Å². The molecule has 0 bridgehead atoms. The van der Waals surface area contributed by atoms with Gasteiger partial charge in [-0.25, -0.2) is 4.79 Å². The summed E-state index contributed by atoms with van der Waals surface area (Å²) in [6.07, 6.45) is 4.24. The summed E-state index contributed by atoms with van der Waals surface area (Å²) >= 11 is 3.48. The molecule has 19 heavy (non-hydrogen) atoms. The van der Waals surface area contributed by atoms with Crippen molar-refractivity contribution < 1.29 is 14.3 Å². The molecule has 0 aromatic carbocycles. The molecular formula is C14H24BrNO3. The second-order valence-electron chi connectivity index (χ2n) is 6.58. The fraction of sp³-hybridized carbons (Fsp3) is 0.929. The van der Waals surface area contributed by atoms with E-state index < -0.39 is 5.60 Å². The van der Waals surface area contributed by atoms with E-state index in [1.807, 2.05) is 20.8 Å². The second kappa shape index (κ2) is 5.60. The predicted molar refractivity (Wildman–Crippen MR) is 77.7 cm³/mol. The number of amides is 1. The van der Waals surface area contributed by atoms with Crippen LogP contribution < -0.4 is 0 Å². The van der Waals surface area contributed by atoms with Crippen molar-refractivity contribution in [3.8, 4) is 0 Å². The first-order valence-corrected chi connectivity index (χ1v) is 8.17. The molecular weight excluding hydrogens is 310 g/mol. The number of hydrogen-bond acceptors (Lipinski definition) is 3. The predicted octanol–water partition coefficient (Wildman–Crippen LogP) is 3.33. The fourth-order valence-electron chi connectivity index (χ4n) is 2.80. The summed E-state index contributed by atoms with van der Waals surface area (Å²) in [6.45, 7) is 7.18. The van der Waals surface area contributed by atoms with Crippen molar-refractivity contribution >= 4 is 22.0 Å². The van der Waals surface area contributed by atoms with Crippen molar-refractivity contribution in [2.45, 2.75) is 63.8 Å². The van der Waals surface area contributed by atoms with E-state index in [2.05, 4.69) is 15.9 Å². The highest BCUT2D eigenvalue weighted by atomic mass is 79.9. The molecule has 1 unspecified atom stereocenters. The van der Waals surface area contributed by atoms with Crippen LogP contribution in [-0.4, -0.2) is 46.7 Å². The number of carbonyl (C=O) groups is 1. The van der Waals surface area contributed by atoms with Gasteiger partial charge in [0.25, 0.3) is 0 Å². The van der Waals surface area contributed by atoms with Gasteiger partial charge in [0.15, 0.2) is 0 Å². The molecule has 2 aliphatic rings. The topological polar surface area (TPSA) is 38.8 Å². The maximum Gasteiger partial charge on any atom is 0.410 e. The van der Waals surface area contributed by atoms with Crippen LogP contribution in [0.5, 0.6) is 0 Å². The van der Waals surface area contributed by atoms with Crippen molar-refractivity contribution in [3.63, 3.8) is 0 Å². The number of nitrogens with zero attached hydrogens (tertiary/aromatic N) is 1. The molecule has 1 amide bonds. The molecule has 2 aliphatic heterocycles. The maximum atomic E-state index is 12.0. The van der Waals surface area contributed by atoms with Gasteiger partial charge in [0, 0.05) is 18.4 Å². The summed E-state index contributed by atoms with van der Waals surface area (Å²) in [5, 5.41) is 0.907. The molecule has 2 rings (SSSR count). The van der Waals surface area contributed by atoms with Crippen LogP contribution in [-0.2, 0) is 9.47 Å². The van der Waals surface area contributed by atoms with E-state index in [-0.39, 0.29) is 11.7 Å². The van der Waals surface area contributed by atoms with Crippen molar-refractivity contribution in [2.75, 3.05) is 18.4 Å². The van der Waals surface area contributed by atoms with Crippen molar-refractivity contribution in [3.05, 3.63) is 0 Å². The van der Waals surface area contributed by atoms with Gasteiger partial charge in [-0.2, -0.15) is 0 Å². The first-order chi connectivity index (χ1) is 8.84. The summed E-state index contributed by atoms with van der Waals surface area (Å²) in [5.41, 5.74) is -0.409. The monoisotopic (exact) mass is 333 g/mol.